The molecule has 1 aliphatic rings. The Labute approximate surface area is 188 Å². The van der Waals surface area contributed by atoms with E-state index in [0.717, 1.165) is 6.07 Å². The van der Waals surface area contributed by atoms with Crippen LogP contribution in [0.3, 0.4) is 0 Å². The molecule has 0 radical (unpaired) electrons. The van der Waals surface area contributed by atoms with Crippen LogP contribution in [0.1, 0.15) is 41.0 Å². The summed E-state index contributed by atoms with van der Waals surface area (Å²) in [6, 6.07) is 3.76. The first-order valence-electron chi connectivity index (χ1n) is 10.1. The molecule has 1 aromatic heterocycles. The number of aromatic nitrogens is 1. The highest BCUT2D eigenvalue weighted by molar-refractivity contribution is 9.10. The molecule has 0 spiro atoms. The Morgan fingerprint density at radius 3 is 2.71 bits per heavy atom. The Hall–Kier alpha value is -2.00. The number of rotatable bonds is 4. The van der Waals surface area contributed by atoms with Gasteiger partial charge in [-0.15, -0.1) is 0 Å². The molecular formula is C22H27BrF2N2O4. The number of benzene rings is 1. The minimum absolute atomic E-state index is 0.0259. The van der Waals surface area contributed by atoms with Crippen LogP contribution >= 0.6 is 15.9 Å². The van der Waals surface area contributed by atoms with Crippen LogP contribution in [0.5, 0.6) is 0 Å². The van der Waals surface area contributed by atoms with Gasteiger partial charge < -0.3 is 14.0 Å². The number of halogens is 3. The fourth-order valence-electron chi connectivity index (χ4n) is 3.74. The first-order chi connectivity index (χ1) is 14.3. The molecule has 1 aliphatic heterocycles. The van der Waals surface area contributed by atoms with Crippen LogP contribution < -0.4 is 5.56 Å². The van der Waals surface area contributed by atoms with E-state index in [1.165, 1.54) is 21.7 Å². The summed E-state index contributed by atoms with van der Waals surface area (Å²) in [5, 5.41) is 0.739. The molecule has 2 atom stereocenters. The summed E-state index contributed by atoms with van der Waals surface area (Å²) < 4.78 is 41.5. The van der Waals surface area contributed by atoms with Gasteiger partial charge in [-0.2, -0.15) is 0 Å². The number of alkyl halides is 1. The summed E-state index contributed by atoms with van der Waals surface area (Å²) in [5.41, 5.74) is -2.10. The van der Waals surface area contributed by atoms with Gasteiger partial charge in [-0.05, 0) is 74.1 Å². The van der Waals surface area contributed by atoms with Crippen LogP contribution in [0.25, 0.3) is 10.8 Å². The molecule has 2 aromatic rings. The molecule has 2 unspecified atom stereocenters. The van der Waals surface area contributed by atoms with Gasteiger partial charge in [0.1, 0.15) is 23.3 Å². The fourth-order valence-corrected chi connectivity index (χ4v) is 4.10. The van der Waals surface area contributed by atoms with Gasteiger partial charge in [0.25, 0.3) is 5.56 Å². The van der Waals surface area contributed by atoms with Gasteiger partial charge in [0, 0.05) is 12.6 Å². The lowest BCUT2D eigenvalue weighted by molar-refractivity contribution is -0.0632. The predicted molar refractivity (Wildman–Crippen MR) is 117 cm³/mol. The van der Waals surface area contributed by atoms with Crippen LogP contribution in [0.4, 0.5) is 13.6 Å². The summed E-state index contributed by atoms with van der Waals surface area (Å²) in [6.07, 6.45) is -0.538. The maximum absolute atomic E-state index is 15.0. The first-order valence-corrected chi connectivity index (χ1v) is 10.9. The average Bonchev–Trinajstić information content (AvgIpc) is 2.92. The fraction of sp³-hybridized carbons (Fsp3) is 0.545. The molecule has 6 nitrogen and oxygen atoms in total. The molecule has 9 heteroatoms. The van der Waals surface area contributed by atoms with E-state index in [1.807, 2.05) is 0 Å². The van der Waals surface area contributed by atoms with Crippen molar-refractivity contribution in [3.05, 3.63) is 45.0 Å². The van der Waals surface area contributed by atoms with Gasteiger partial charge in [-0.3, -0.25) is 9.69 Å². The Bertz CT molecular complexity index is 1050. The van der Waals surface area contributed by atoms with Crippen molar-refractivity contribution in [1.82, 2.24) is 9.47 Å². The van der Waals surface area contributed by atoms with E-state index in [-0.39, 0.29) is 29.4 Å². The third-order valence-electron chi connectivity index (χ3n) is 5.10. The Morgan fingerprint density at radius 1 is 1.39 bits per heavy atom. The van der Waals surface area contributed by atoms with E-state index < -0.39 is 41.0 Å². The molecule has 1 amide bonds. The van der Waals surface area contributed by atoms with Crippen molar-refractivity contribution < 1.29 is 23.0 Å². The summed E-state index contributed by atoms with van der Waals surface area (Å²) >= 11 is 3.09. The van der Waals surface area contributed by atoms with Crippen LogP contribution in [-0.2, 0) is 16.0 Å². The number of carbonyl (C=O) groups is 1. The number of ether oxygens (including phenoxy) is 2. The zero-order valence-corrected chi connectivity index (χ0v) is 19.8. The molecule has 1 aromatic carbocycles. The number of hydrogen-bond acceptors (Lipinski definition) is 4. The van der Waals surface area contributed by atoms with Crippen LogP contribution in [0, 0.1) is 5.82 Å². The molecule has 2 heterocycles. The summed E-state index contributed by atoms with van der Waals surface area (Å²) in [4.78, 5) is 26.8. The molecule has 3 rings (SSSR count). The topological polar surface area (TPSA) is 60.8 Å². The summed E-state index contributed by atoms with van der Waals surface area (Å²) in [7, 11) is 0. The molecule has 170 valence electrons. The number of hydrogen-bond donors (Lipinski definition) is 0. The van der Waals surface area contributed by atoms with Gasteiger partial charge >= 0.3 is 6.09 Å². The minimum atomic E-state index is -1.43. The average molecular weight is 501 g/mol. The number of pyridine rings is 1. The van der Waals surface area contributed by atoms with Gasteiger partial charge in [-0.1, -0.05) is 0 Å². The second-order valence-corrected chi connectivity index (χ2v) is 10.1. The van der Waals surface area contributed by atoms with Crippen molar-refractivity contribution in [1.29, 1.82) is 0 Å². The lowest BCUT2D eigenvalue weighted by atomic mass is 10.1. The van der Waals surface area contributed by atoms with Gasteiger partial charge in [0.15, 0.2) is 0 Å². The molecule has 1 saturated heterocycles. The van der Waals surface area contributed by atoms with E-state index in [2.05, 4.69) is 15.9 Å². The maximum Gasteiger partial charge on any atom is 0.412 e. The van der Waals surface area contributed by atoms with Gasteiger partial charge in [0.05, 0.1) is 29.1 Å². The van der Waals surface area contributed by atoms with Crippen LogP contribution in [0.15, 0.2) is 33.7 Å². The largest absolute Gasteiger partial charge is 0.444 e. The zero-order valence-electron chi connectivity index (χ0n) is 18.2. The number of amides is 1. The second-order valence-electron chi connectivity index (χ2n) is 9.22. The second kappa shape index (κ2) is 8.50. The molecule has 0 bridgehead atoms. The van der Waals surface area contributed by atoms with Crippen molar-refractivity contribution in [2.45, 2.75) is 71.1 Å². The van der Waals surface area contributed by atoms with E-state index >= 15 is 4.39 Å². The first kappa shape index (κ1) is 23.7. The standard InChI is InChI=1S/C22H27BrF2N2O4/c1-21(2,3)31-20(29)27-15(12-30-22(27,4)5)9-14(24)11-26-7-6-13-8-17(23)18(25)10-16(13)19(26)28/h6-8,10,14-15H,9,11-12H2,1-5H3. The van der Waals surface area contributed by atoms with Crippen molar-refractivity contribution in [3.63, 3.8) is 0 Å². The highest BCUT2D eigenvalue weighted by atomic mass is 79.9. The number of nitrogens with zero attached hydrogens (tertiary/aromatic N) is 2. The summed E-state index contributed by atoms with van der Waals surface area (Å²) in [6.45, 7) is 8.68. The lowest BCUT2D eigenvalue weighted by Gasteiger charge is -2.35. The minimum Gasteiger partial charge on any atom is -0.444 e. The SMILES string of the molecule is CC(C)(C)OC(=O)N1C(CC(F)Cn2ccc3cc(Br)c(F)cc3c2=O)COC1(C)C. The number of carbonyl (C=O) groups excluding carboxylic acids is 1. The monoisotopic (exact) mass is 500 g/mol. The molecule has 1 fully saturated rings. The lowest BCUT2D eigenvalue weighted by Crippen LogP contribution is -2.50. The molecule has 0 aliphatic carbocycles. The Morgan fingerprint density at radius 2 is 2.06 bits per heavy atom. The van der Waals surface area contributed by atoms with Crippen LogP contribution in [0.2, 0.25) is 0 Å². The van der Waals surface area contributed by atoms with Gasteiger partial charge in [0.2, 0.25) is 0 Å². The third-order valence-corrected chi connectivity index (χ3v) is 5.71. The molecule has 31 heavy (non-hydrogen) atoms. The normalized spacial score (nSPS) is 19.6. The van der Waals surface area contributed by atoms with Crippen molar-refractivity contribution in [3.8, 4) is 0 Å². The Kier molecular flexibility index (Phi) is 6.49. The van der Waals surface area contributed by atoms with E-state index in [4.69, 9.17) is 9.47 Å². The highest BCUT2D eigenvalue weighted by Gasteiger charge is 2.46. The van der Waals surface area contributed by atoms with E-state index in [1.54, 1.807) is 40.7 Å². The highest BCUT2D eigenvalue weighted by Crippen LogP contribution is 2.32. The molecular weight excluding hydrogens is 474 g/mol. The third kappa shape index (κ3) is 5.26. The quantitative estimate of drug-likeness (QED) is 0.592. The molecule has 0 saturated carbocycles. The van der Waals surface area contributed by atoms with Gasteiger partial charge in [-0.25, -0.2) is 13.6 Å². The van der Waals surface area contributed by atoms with Crippen molar-refractivity contribution in [2.24, 2.45) is 0 Å². The zero-order chi connectivity index (χ0) is 23.1. The maximum atomic E-state index is 15.0. The van der Waals surface area contributed by atoms with Crippen LogP contribution in [-0.4, -0.2) is 45.7 Å². The smallest absolute Gasteiger partial charge is 0.412 e. The number of fused-ring (bicyclic) bond motifs is 1. The van der Waals surface area contributed by atoms with Crippen molar-refractivity contribution >= 4 is 32.8 Å². The van der Waals surface area contributed by atoms with E-state index in [9.17, 15) is 14.0 Å². The Balaban J connectivity index is 1.77. The summed E-state index contributed by atoms with van der Waals surface area (Å²) in [5.74, 6) is -0.558. The van der Waals surface area contributed by atoms with E-state index in [0.29, 0.717) is 5.39 Å². The molecule has 0 N–H and O–H groups in total. The predicted octanol–water partition coefficient (Wildman–Crippen LogP) is 5.00. The van der Waals surface area contributed by atoms with Crippen molar-refractivity contribution in [2.75, 3.05) is 6.61 Å².